The van der Waals surface area contributed by atoms with Crippen LogP contribution < -0.4 is 10.6 Å². The van der Waals surface area contributed by atoms with Crippen molar-refractivity contribution >= 4 is 18.3 Å². The van der Waals surface area contributed by atoms with Crippen LogP contribution in [-0.2, 0) is 4.79 Å². The third-order valence-corrected chi connectivity index (χ3v) is 3.16. The summed E-state index contributed by atoms with van der Waals surface area (Å²) in [5.41, 5.74) is 0.211. The highest BCUT2D eigenvalue weighted by molar-refractivity contribution is 5.85. The van der Waals surface area contributed by atoms with Gasteiger partial charge in [0.2, 0.25) is 5.91 Å². The minimum Gasteiger partial charge on any atom is -0.386 e. The number of aliphatic hydroxyl groups excluding tert-OH is 1. The molecule has 106 valence electrons. The zero-order valence-corrected chi connectivity index (χ0v) is 11.3. The molecule has 0 aliphatic carbocycles. The maximum Gasteiger partial charge on any atom is 0.224 e. The number of halogens is 2. The Balaban J connectivity index is 0.00000180. The van der Waals surface area contributed by atoms with E-state index in [0.717, 1.165) is 13.0 Å². The van der Waals surface area contributed by atoms with Gasteiger partial charge in [-0.15, -0.1) is 12.4 Å². The lowest BCUT2D eigenvalue weighted by molar-refractivity contribution is -0.124. The van der Waals surface area contributed by atoms with Crippen LogP contribution in [0, 0.1) is 11.7 Å². The number of hydrogen-bond donors (Lipinski definition) is 3. The molecule has 4 nitrogen and oxygen atoms in total. The Morgan fingerprint density at radius 3 is 2.89 bits per heavy atom. The molecule has 1 fully saturated rings. The first-order valence-corrected chi connectivity index (χ1v) is 6.09. The van der Waals surface area contributed by atoms with Crippen LogP contribution in [0.25, 0.3) is 0 Å². The van der Waals surface area contributed by atoms with E-state index in [-0.39, 0.29) is 36.3 Å². The monoisotopic (exact) mass is 288 g/mol. The summed E-state index contributed by atoms with van der Waals surface area (Å²) in [6.07, 6.45) is -0.203. The molecule has 1 aromatic carbocycles. The second-order valence-electron chi connectivity index (χ2n) is 4.47. The molecule has 19 heavy (non-hydrogen) atoms. The van der Waals surface area contributed by atoms with Gasteiger partial charge in [0.25, 0.3) is 0 Å². The molecule has 0 bridgehead atoms. The van der Waals surface area contributed by atoms with Gasteiger partial charge in [-0.05, 0) is 19.0 Å². The SMILES string of the molecule is Cl.O=C(NCC(O)c1ccccc1F)C1CCNC1. The topological polar surface area (TPSA) is 61.4 Å². The van der Waals surface area contributed by atoms with Crippen LogP contribution in [0.3, 0.4) is 0 Å². The number of carbonyl (C=O) groups is 1. The zero-order chi connectivity index (χ0) is 13.0. The standard InChI is InChI=1S/C13H17FN2O2.ClH/c14-11-4-2-1-3-10(11)12(17)8-16-13(18)9-5-6-15-7-9;/h1-4,9,12,15,17H,5-8H2,(H,16,18);1H. The van der Waals surface area contributed by atoms with Crippen LogP contribution in [-0.4, -0.2) is 30.6 Å². The van der Waals surface area contributed by atoms with E-state index < -0.39 is 11.9 Å². The number of hydrogen-bond acceptors (Lipinski definition) is 3. The maximum absolute atomic E-state index is 13.4. The normalized spacial score (nSPS) is 19.6. The largest absolute Gasteiger partial charge is 0.386 e. The number of benzene rings is 1. The molecule has 1 aromatic rings. The van der Waals surface area contributed by atoms with E-state index >= 15 is 0 Å². The van der Waals surface area contributed by atoms with Gasteiger partial charge < -0.3 is 15.7 Å². The Kier molecular flexibility index (Phi) is 6.21. The average molecular weight is 289 g/mol. The van der Waals surface area contributed by atoms with Crippen LogP contribution in [0.1, 0.15) is 18.1 Å². The van der Waals surface area contributed by atoms with E-state index in [1.807, 2.05) is 0 Å². The number of nitrogens with one attached hydrogen (secondary N) is 2. The van der Waals surface area contributed by atoms with Crippen LogP contribution in [0.4, 0.5) is 4.39 Å². The molecule has 2 unspecified atom stereocenters. The molecular weight excluding hydrogens is 271 g/mol. The predicted molar refractivity (Wildman–Crippen MR) is 72.6 cm³/mol. The molecule has 2 rings (SSSR count). The first-order valence-electron chi connectivity index (χ1n) is 6.09. The van der Waals surface area contributed by atoms with Crippen molar-refractivity contribution < 1.29 is 14.3 Å². The van der Waals surface area contributed by atoms with Gasteiger partial charge in [0.15, 0.2) is 0 Å². The molecule has 1 heterocycles. The van der Waals surface area contributed by atoms with Gasteiger partial charge in [0.05, 0.1) is 12.0 Å². The highest BCUT2D eigenvalue weighted by atomic mass is 35.5. The summed E-state index contributed by atoms with van der Waals surface area (Å²) < 4.78 is 13.4. The Morgan fingerprint density at radius 1 is 1.53 bits per heavy atom. The Morgan fingerprint density at radius 2 is 2.26 bits per heavy atom. The van der Waals surface area contributed by atoms with Crippen LogP contribution in [0.2, 0.25) is 0 Å². The summed E-state index contributed by atoms with van der Waals surface area (Å²) in [5.74, 6) is -0.588. The predicted octanol–water partition coefficient (Wildman–Crippen LogP) is 1.01. The fraction of sp³-hybridized carbons (Fsp3) is 0.462. The van der Waals surface area contributed by atoms with Gasteiger partial charge in [-0.3, -0.25) is 4.79 Å². The summed E-state index contributed by atoms with van der Waals surface area (Å²) in [6, 6.07) is 6.03. The second-order valence-corrected chi connectivity index (χ2v) is 4.47. The van der Waals surface area contributed by atoms with Crippen molar-refractivity contribution in [1.29, 1.82) is 0 Å². The van der Waals surface area contributed by atoms with Crippen molar-refractivity contribution in [3.63, 3.8) is 0 Å². The zero-order valence-electron chi connectivity index (χ0n) is 10.4. The summed E-state index contributed by atoms with van der Waals surface area (Å²) in [6.45, 7) is 1.55. The third kappa shape index (κ3) is 4.16. The van der Waals surface area contributed by atoms with E-state index in [0.29, 0.717) is 6.54 Å². The van der Waals surface area contributed by atoms with E-state index in [2.05, 4.69) is 10.6 Å². The van der Waals surface area contributed by atoms with E-state index in [9.17, 15) is 14.3 Å². The summed E-state index contributed by atoms with van der Waals surface area (Å²) in [5, 5.41) is 15.6. The summed E-state index contributed by atoms with van der Waals surface area (Å²) in [7, 11) is 0. The Hall–Kier alpha value is -1.17. The molecule has 0 aromatic heterocycles. The smallest absolute Gasteiger partial charge is 0.224 e. The number of rotatable bonds is 4. The number of amides is 1. The highest BCUT2D eigenvalue weighted by Crippen LogP contribution is 2.16. The van der Waals surface area contributed by atoms with Gasteiger partial charge in [0.1, 0.15) is 5.82 Å². The minimum absolute atomic E-state index is 0. The fourth-order valence-corrected chi connectivity index (χ4v) is 2.08. The number of carbonyl (C=O) groups excluding carboxylic acids is 1. The quantitative estimate of drug-likeness (QED) is 0.775. The lowest BCUT2D eigenvalue weighted by Gasteiger charge is -2.15. The maximum atomic E-state index is 13.4. The molecule has 1 amide bonds. The first-order chi connectivity index (χ1) is 8.68. The third-order valence-electron chi connectivity index (χ3n) is 3.16. The molecule has 0 radical (unpaired) electrons. The molecule has 0 saturated carbocycles. The number of aliphatic hydroxyl groups is 1. The van der Waals surface area contributed by atoms with E-state index in [1.165, 1.54) is 12.1 Å². The molecule has 2 atom stereocenters. The Bertz CT molecular complexity index is 425. The molecule has 1 aliphatic rings. The molecular formula is C13H18ClFN2O2. The van der Waals surface area contributed by atoms with E-state index in [4.69, 9.17) is 0 Å². The Labute approximate surface area is 117 Å². The van der Waals surface area contributed by atoms with Gasteiger partial charge in [0, 0.05) is 18.7 Å². The molecule has 1 saturated heterocycles. The van der Waals surface area contributed by atoms with Crippen LogP contribution in [0.15, 0.2) is 24.3 Å². The lowest BCUT2D eigenvalue weighted by Crippen LogP contribution is -2.34. The van der Waals surface area contributed by atoms with E-state index in [1.54, 1.807) is 12.1 Å². The lowest BCUT2D eigenvalue weighted by atomic mass is 10.1. The first kappa shape index (κ1) is 15.9. The van der Waals surface area contributed by atoms with Gasteiger partial charge in [-0.25, -0.2) is 4.39 Å². The van der Waals surface area contributed by atoms with Crippen molar-refractivity contribution in [2.75, 3.05) is 19.6 Å². The minimum atomic E-state index is -1.01. The fourth-order valence-electron chi connectivity index (χ4n) is 2.08. The van der Waals surface area contributed by atoms with Crippen molar-refractivity contribution in [3.8, 4) is 0 Å². The molecule has 0 spiro atoms. The molecule has 1 aliphatic heterocycles. The summed E-state index contributed by atoms with van der Waals surface area (Å²) in [4.78, 5) is 11.7. The van der Waals surface area contributed by atoms with Crippen molar-refractivity contribution in [2.45, 2.75) is 12.5 Å². The van der Waals surface area contributed by atoms with Crippen LogP contribution in [0.5, 0.6) is 0 Å². The second kappa shape index (κ2) is 7.43. The van der Waals surface area contributed by atoms with Gasteiger partial charge >= 0.3 is 0 Å². The van der Waals surface area contributed by atoms with Crippen LogP contribution >= 0.6 is 12.4 Å². The van der Waals surface area contributed by atoms with Gasteiger partial charge in [-0.1, -0.05) is 18.2 Å². The van der Waals surface area contributed by atoms with Crippen molar-refractivity contribution in [3.05, 3.63) is 35.6 Å². The summed E-state index contributed by atoms with van der Waals surface area (Å²) >= 11 is 0. The highest BCUT2D eigenvalue weighted by Gasteiger charge is 2.23. The average Bonchev–Trinajstić information content (AvgIpc) is 2.90. The van der Waals surface area contributed by atoms with Gasteiger partial charge in [-0.2, -0.15) is 0 Å². The molecule has 3 N–H and O–H groups in total. The molecule has 6 heteroatoms. The van der Waals surface area contributed by atoms with Crippen molar-refractivity contribution in [1.82, 2.24) is 10.6 Å². The van der Waals surface area contributed by atoms with Crippen molar-refractivity contribution in [2.24, 2.45) is 5.92 Å².